The van der Waals surface area contributed by atoms with Crippen LogP contribution in [0.2, 0.25) is 0 Å². The van der Waals surface area contributed by atoms with Crippen LogP contribution >= 0.6 is 11.8 Å². The van der Waals surface area contributed by atoms with Gasteiger partial charge in [-0.2, -0.15) is 0 Å². The van der Waals surface area contributed by atoms with Gasteiger partial charge in [-0.25, -0.2) is 0 Å². The number of carbonyl (C=O) groups is 1. The second-order valence-electron chi connectivity index (χ2n) is 5.08. The predicted molar refractivity (Wildman–Crippen MR) is 76.7 cm³/mol. The largest absolute Gasteiger partial charge is 0.342 e. The molecule has 2 nitrogen and oxygen atoms in total. The minimum atomic E-state index is 0.0146. The van der Waals surface area contributed by atoms with Crippen LogP contribution in [0.15, 0.2) is 35.2 Å². The van der Waals surface area contributed by atoms with Crippen molar-refractivity contribution in [3.63, 3.8) is 0 Å². The van der Waals surface area contributed by atoms with Crippen molar-refractivity contribution in [3.8, 4) is 0 Å². The fourth-order valence-electron chi connectivity index (χ4n) is 2.24. The van der Waals surface area contributed by atoms with Crippen molar-refractivity contribution in [1.82, 2.24) is 4.90 Å². The molecule has 3 heteroatoms. The van der Waals surface area contributed by atoms with Crippen molar-refractivity contribution < 1.29 is 4.79 Å². The Balaban J connectivity index is 1.89. The van der Waals surface area contributed by atoms with Gasteiger partial charge in [0.1, 0.15) is 0 Å². The average molecular weight is 263 g/mol. The Bertz CT molecular complexity index is 385. The van der Waals surface area contributed by atoms with E-state index in [-0.39, 0.29) is 11.2 Å². The lowest BCUT2D eigenvalue weighted by Gasteiger charge is -2.32. The first kappa shape index (κ1) is 13.5. The summed E-state index contributed by atoms with van der Waals surface area (Å²) in [6.45, 7) is 6.14. The molecule has 1 saturated heterocycles. The predicted octanol–water partition coefficient (Wildman–Crippen LogP) is 3.43. The quantitative estimate of drug-likeness (QED) is 0.779. The summed E-state index contributed by atoms with van der Waals surface area (Å²) >= 11 is 1.65. The Labute approximate surface area is 114 Å². The van der Waals surface area contributed by atoms with Gasteiger partial charge in [0.2, 0.25) is 5.91 Å². The van der Waals surface area contributed by atoms with Gasteiger partial charge in [-0.05, 0) is 37.8 Å². The topological polar surface area (TPSA) is 20.3 Å². The van der Waals surface area contributed by atoms with Crippen LogP contribution in [-0.2, 0) is 4.79 Å². The number of hydrogen-bond donors (Lipinski definition) is 0. The molecule has 1 heterocycles. The van der Waals surface area contributed by atoms with Crippen LogP contribution < -0.4 is 0 Å². The number of likely N-dealkylation sites (tertiary alicyclic amines) is 1. The van der Waals surface area contributed by atoms with E-state index >= 15 is 0 Å². The maximum atomic E-state index is 12.3. The number of hydrogen-bond acceptors (Lipinski definition) is 2. The third-order valence-corrected chi connectivity index (χ3v) is 4.60. The van der Waals surface area contributed by atoms with E-state index in [0.717, 1.165) is 31.8 Å². The highest BCUT2D eigenvalue weighted by atomic mass is 32.2. The number of nitrogens with zero attached hydrogens (tertiary/aromatic N) is 1. The highest BCUT2D eigenvalue weighted by Crippen LogP contribution is 2.25. The van der Waals surface area contributed by atoms with Crippen molar-refractivity contribution in [1.29, 1.82) is 0 Å². The summed E-state index contributed by atoms with van der Waals surface area (Å²) in [5.74, 6) is 1.06. The minimum Gasteiger partial charge on any atom is -0.342 e. The first-order chi connectivity index (χ1) is 8.66. The van der Waals surface area contributed by atoms with Gasteiger partial charge in [-0.1, -0.05) is 25.1 Å². The summed E-state index contributed by atoms with van der Waals surface area (Å²) in [4.78, 5) is 15.5. The lowest BCUT2D eigenvalue weighted by Crippen LogP contribution is -2.41. The van der Waals surface area contributed by atoms with E-state index in [9.17, 15) is 4.79 Å². The zero-order valence-corrected chi connectivity index (χ0v) is 12.0. The fourth-order valence-corrected chi connectivity index (χ4v) is 3.21. The molecule has 0 bridgehead atoms. The van der Waals surface area contributed by atoms with Gasteiger partial charge >= 0.3 is 0 Å². The highest BCUT2D eigenvalue weighted by Gasteiger charge is 2.24. The van der Waals surface area contributed by atoms with Crippen molar-refractivity contribution in [3.05, 3.63) is 30.3 Å². The monoisotopic (exact) mass is 263 g/mol. The Hall–Kier alpha value is -0.960. The summed E-state index contributed by atoms with van der Waals surface area (Å²) in [6.07, 6.45) is 2.29. The molecule has 18 heavy (non-hydrogen) atoms. The molecule has 1 aromatic rings. The molecule has 0 aliphatic carbocycles. The standard InChI is InChI=1S/C15H21NOS/c1-12-8-10-16(11-9-12)15(17)13(2)18-14-6-4-3-5-7-14/h3-7,12-13H,8-11H2,1-2H3/t13-/m1/s1. The fraction of sp³-hybridized carbons (Fsp3) is 0.533. The molecule has 0 spiro atoms. The zero-order chi connectivity index (χ0) is 13.0. The molecule has 1 amide bonds. The van der Waals surface area contributed by atoms with Gasteiger partial charge in [-0.3, -0.25) is 4.79 Å². The van der Waals surface area contributed by atoms with Crippen LogP contribution in [0, 0.1) is 5.92 Å². The number of rotatable bonds is 3. The maximum absolute atomic E-state index is 12.3. The Morgan fingerprint density at radius 3 is 2.50 bits per heavy atom. The Morgan fingerprint density at radius 1 is 1.28 bits per heavy atom. The summed E-state index contributed by atoms with van der Waals surface area (Å²) in [7, 11) is 0. The molecule has 2 rings (SSSR count). The van der Waals surface area contributed by atoms with Gasteiger partial charge in [0.05, 0.1) is 5.25 Å². The molecule has 1 atom stereocenters. The van der Waals surface area contributed by atoms with E-state index in [1.807, 2.05) is 30.0 Å². The smallest absolute Gasteiger partial charge is 0.235 e. The summed E-state index contributed by atoms with van der Waals surface area (Å²) in [5.41, 5.74) is 0. The van der Waals surface area contributed by atoms with Crippen molar-refractivity contribution in [2.75, 3.05) is 13.1 Å². The number of benzene rings is 1. The summed E-state index contributed by atoms with van der Waals surface area (Å²) in [6, 6.07) is 10.2. The second kappa shape index (κ2) is 6.28. The zero-order valence-electron chi connectivity index (χ0n) is 11.1. The van der Waals surface area contributed by atoms with E-state index in [2.05, 4.69) is 19.1 Å². The normalized spacial score (nSPS) is 18.7. The van der Waals surface area contributed by atoms with Crippen molar-refractivity contribution in [2.24, 2.45) is 5.92 Å². The summed E-state index contributed by atoms with van der Waals surface area (Å²) < 4.78 is 0. The maximum Gasteiger partial charge on any atom is 0.235 e. The van der Waals surface area contributed by atoms with Gasteiger partial charge in [0.15, 0.2) is 0 Å². The SMILES string of the molecule is CC1CCN(C(=O)[C@@H](C)Sc2ccccc2)CC1. The molecule has 1 aromatic carbocycles. The molecule has 0 saturated carbocycles. The van der Waals surface area contributed by atoms with Gasteiger partial charge in [0, 0.05) is 18.0 Å². The van der Waals surface area contributed by atoms with Gasteiger partial charge < -0.3 is 4.90 Å². The van der Waals surface area contributed by atoms with Crippen molar-refractivity contribution >= 4 is 17.7 Å². The minimum absolute atomic E-state index is 0.0146. The van der Waals surface area contributed by atoms with E-state index < -0.39 is 0 Å². The van der Waals surface area contributed by atoms with Crippen LogP contribution in [0.5, 0.6) is 0 Å². The first-order valence-corrected chi connectivity index (χ1v) is 7.55. The molecular weight excluding hydrogens is 242 g/mol. The third kappa shape index (κ3) is 3.52. The second-order valence-corrected chi connectivity index (χ2v) is 6.50. The Kier molecular flexibility index (Phi) is 4.70. The summed E-state index contributed by atoms with van der Waals surface area (Å²) in [5, 5.41) is 0.0146. The third-order valence-electron chi connectivity index (χ3n) is 3.50. The van der Waals surface area contributed by atoms with Crippen LogP contribution in [0.4, 0.5) is 0 Å². The first-order valence-electron chi connectivity index (χ1n) is 6.67. The van der Waals surface area contributed by atoms with Gasteiger partial charge in [0.25, 0.3) is 0 Å². The van der Waals surface area contributed by atoms with E-state index in [4.69, 9.17) is 0 Å². The lowest BCUT2D eigenvalue weighted by atomic mass is 9.99. The molecule has 0 N–H and O–H groups in total. The number of piperidine rings is 1. The van der Waals surface area contributed by atoms with E-state index in [1.165, 1.54) is 4.90 Å². The molecule has 1 aliphatic rings. The Morgan fingerprint density at radius 2 is 1.89 bits per heavy atom. The molecule has 0 unspecified atom stereocenters. The van der Waals surface area contributed by atoms with E-state index in [1.54, 1.807) is 11.8 Å². The molecule has 1 aliphatic heterocycles. The molecule has 0 radical (unpaired) electrons. The number of thioether (sulfide) groups is 1. The van der Waals surface area contributed by atoms with Crippen LogP contribution in [0.25, 0.3) is 0 Å². The average Bonchev–Trinajstić information content (AvgIpc) is 2.40. The number of carbonyl (C=O) groups excluding carboxylic acids is 1. The highest BCUT2D eigenvalue weighted by molar-refractivity contribution is 8.00. The van der Waals surface area contributed by atoms with E-state index in [0.29, 0.717) is 0 Å². The van der Waals surface area contributed by atoms with Crippen LogP contribution in [0.3, 0.4) is 0 Å². The molecule has 98 valence electrons. The molecular formula is C15H21NOS. The number of amides is 1. The van der Waals surface area contributed by atoms with Crippen LogP contribution in [0.1, 0.15) is 26.7 Å². The van der Waals surface area contributed by atoms with Crippen LogP contribution in [-0.4, -0.2) is 29.1 Å². The molecule has 1 fully saturated rings. The van der Waals surface area contributed by atoms with Crippen molar-refractivity contribution in [2.45, 2.75) is 36.8 Å². The molecule has 0 aromatic heterocycles. The lowest BCUT2D eigenvalue weighted by molar-refractivity contribution is -0.131. The van der Waals surface area contributed by atoms with Gasteiger partial charge in [-0.15, -0.1) is 11.8 Å².